The topological polar surface area (TPSA) is 173 Å². The maximum absolute atomic E-state index is 13.3. The van der Waals surface area contributed by atoms with Crippen molar-refractivity contribution in [2.45, 2.75) is 37.2 Å². The summed E-state index contributed by atoms with van der Waals surface area (Å²) in [5.74, 6) is -0.379. The number of phenolic OH excluding ortho intramolecular Hbond substituents is 1. The fourth-order valence-electron chi connectivity index (χ4n) is 6.96. The molecule has 0 spiro atoms. The lowest BCUT2D eigenvalue weighted by molar-refractivity contribution is -0.123. The molecule has 1 aromatic heterocycles. The van der Waals surface area contributed by atoms with Crippen LogP contribution in [0.3, 0.4) is 0 Å². The predicted molar refractivity (Wildman–Crippen MR) is 187 cm³/mol. The number of phenols is 1. The first-order chi connectivity index (χ1) is 23.3. The monoisotopic (exact) mass is 654 g/mol. The Hall–Kier alpha value is -4.71. The first-order valence-corrected chi connectivity index (χ1v) is 16.7. The number of hydrogen-bond acceptors (Lipinski definition) is 7. The van der Waals surface area contributed by atoms with Crippen molar-refractivity contribution in [3.8, 4) is 5.75 Å². The zero-order valence-electron chi connectivity index (χ0n) is 27.2. The molecule has 0 bridgehead atoms. The minimum absolute atomic E-state index is 0.00546. The molecular formula is C37H46N6O5. The number of likely N-dealkylation sites (tertiary alicyclic amines) is 1. The van der Waals surface area contributed by atoms with Crippen LogP contribution in [0.2, 0.25) is 0 Å². The Labute approximate surface area is 280 Å². The molecule has 4 aromatic rings. The van der Waals surface area contributed by atoms with Crippen molar-refractivity contribution in [1.29, 1.82) is 0 Å². The number of rotatable bonds is 16. The van der Waals surface area contributed by atoms with E-state index in [2.05, 4.69) is 25.8 Å². The van der Waals surface area contributed by atoms with Gasteiger partial charge in [-0.25, -0.2) is 4.79 Å². The summed E-state index contributed by atoms with van der Waals surface area (Å²) >= 11 is 0. The fourth-order valence-corrected chi connectivity index (χ4v) is 6.96. The van der Waals surface area contributed by atoms with Crippen LogP contribution in [0.15, 0.2) is 89.7 Å². The average Bonchev–Trinajstić information content (AvgIpc) is 3.56. The quantitative estimate of drug-likeness (QED) is 0.0910. The number of amides is 3. The van der Waals surface area contributed by atoms with E-state index in [1.807, 2.05) is 60.7 Å². The highest BCUT2D eigenvalue weighted by molar-refractivity contribution is 5.91. The van der Waals surface area contributed by atoms with E-state index >= 15 is 0 Å². The van der Waals surface area contributed by atoms with Crippen LogP contribution in [0.4, 0.5) is 4.79 Å². The second kappa shape index (κ2) is 16.4. The molecule has 0 saturated carbocycles. The highest BCUT2D eigenvalue weighted by Gasteiger charge is 2.49. The van der Waals surface area contributed by atoms with Crippen molar-refractivity contribution >= 4 is 22.8 Å². The molecule has 1 saturated heterocycles. The van der Waals surface area contributed by atoms with E-state index in [9.17, 15) is 24.6 Å². The number of unbranched alkanes of at least 4 members (excludes halogenated alkanes) is 2. The maximum atomic E-state index is 13.3. The number of aliphatic hydroxyl groups excluding tert-OH is 1. The Balaban J connectivity index is 0.982. The van der Waals surface area contributed by atoms with E-state index in [1.165, 1.54) is 12.1 Å². The summed E-state index contributed by atoms with van der Waals surface area (Å²) in [6.07, 6.45) is 2.65. The number of hydrogen-bond donors (Lipinski definition) is 7. The Kier molecular flexibility index (Phi) is 11.8. The highest BCUT2D eigenvalue weighted by Crippen LogP contribution is 2.43. The molecule has 11 nitrogen and oxygen atoms in total. The van der Waals surface area contributed by atoms with Crippen molar-refractivity contribution in [3.05, 3.63) is 112 Å². The molecule has 2 atom stereocenters. The number of aromatic hydroxyl groups is 1. The van der Waals surface area contributed by atoms with Gasteiger partial charge in [0.05, 0.1) is 11.6 Å². The number of nitrogens with two attached hydrogens (primary N) is 1. The summed E-state index contributed by atoms with van der Waals surface area (Å²) in [6.45, 7) is 4.30. The Morgan fingerprint density at radius 1 is 0.896 bits per heavy atom. The third kappa shape index (κ3) is 8.04. The minimum Gasteiger partial charge on any atom is -0.506 e. The zero-order chi connectivity index (χ0) is 33.9. The first kappa shape index (κ1) is 34.6. The van der Waals surface area contributed by atoms with E-state index < -0.39 is 11.5 Å². The van der Waals surface area contributed by atoms with Crippen LogP contribution in [-0.4, -0.2) is 77.8 Å². The van der Waals surface area contributed by atoms with Crippen molar-refractivity contribution in [2.24, 2.45) is 11.7 Å². The highest BCUT2D eigenvalue weighted by atomic mass is 16.3. The van der Waals surface area contributed by atoms with E-state index in [4.69, 9.17) is 5.73 Å². The Morgan fingerprint density at radius 2 is 1.56 bits per heavy atom. The lowest BCUT2D eigenvalue weighted by Crippen LogP contribution is -2.49. The maximum Gasteiger partial charge on any atom is 0.314 e. The van der Waals surface area contributed by atoms with E-state index in [1.54, 1.807) is 12.1 Å². The number of nitrogens with zero attached hydrogens (tertiary/aromatic N) is 1. The Morgan fingerprint density at radius 3 is 2.25 bits per heavy atom. The van der Waals surface area contributed by atoms with E-state index in [0.29, 0.717) is 55.7 Å². The van der Waals surface area contributed by atoms with Gasteiger partial charge in [0.1, 0.15) is 11.2 Å². The van der Waals surface area contributed by atoms with Crippen molar-refractivity contribution in [3.63, 3.8) is 0 Å². The van der Waals surface area contributed by atoms with Gasteiger partial charge in [-0.05, 0) is 67.1 Å². The second-order valence-corrected chi connectivity index (χ2v) is 12.4. The molecule has 1 fully saturated rings. The molecule has 0 aliphatic carbocycles. The molecule has 0 unspecified atom stereocenters. The largest absolute Gasteiger partial charge is 0.506 e. The van der Waals surface area contributed by atoms with Crippen molar-refractivity contribution < 1.29 is 19.8 Å². The number of pyridine rings is 1. The summed E-state index contributed by atoms with van der Waals surface area (Å²) in [7, 11) is 0. The molecule has 8 N–H and O–H groups in total. The van der Waals surface area contributed by atoms with Crippen LogP contribution < -0.4 is 27.2 Å². The zero-order valence-corrected chi connectivity index (χ0v) is 27.2. The molecule has 3 aromatic carbocycles. The molecular weight excluding hydrogens is 608 g/mol. The molecule has 48 heavy (non-hydrogen) atoms. The molecule has 1 aliphatic heterocycles. The number of carbonyl (C=O) groups is 2. The number of H-pyrrole nitrogens is 1. The predicted octanol–water partition coefficient (Wildman–Crippen LogP) is 3.12. The van der Waals surface area contributed by atoms with Gasteiger partial charge in [0.15, 0.2) is 0 Å². The third-order valence-corrected chi connectivity index (χ3v) is 9.36. The minimum atomic E-state index is -0.929. The van der Waals surface area contributed by atoms with Gasteiger partial charge >= 0.3 is 6.03 Å². The van der Waals surface area contributed by atoms with Crippen LogP contribution in [0.5, 0.6) is 5.75 Å². The number of urea groups is 1. The molecule has 0 radical (unpaired) electrons. The van der Waals surface area contributed by atoms with Gasteiger partial charge in [0, 0.05) is 44.2 Å². The van der Waals surface area contributed by atoms with Gasteiger partial charge in [0.25, 0.3) is 0 Å². The van der Waals surface area contributed by atoms with Crippen molar-refractivity contribution in [2.75, 3.05) is 45.8 Å². The molecule has 2 heterocycles. The molecule has 11 heteroatoms. The number of aliphatic hydroxyl groups is 1. The van der Waals surface area contributed by atoms with Crippen LogP contribution in [0, 0.1) is 5.92 Å². The molecule has 3 amide bonds. The summed E-state index contributed by atoms with van der Waals surface area (Å²) < 4.78 is 0. The van der Waals surface area contributed by atoms with Gasteiger partial charge in [-0.2, -0.15) is 0 Å². The SMILES string of the molecule is NC(=O)C(c1ccccc1)(c1ccccc1)[C@@H]1CCN(CCNC(=O)NCCCCCNC[C@H](O)c2ccc(O)c3[nH]c(=O)ccc23)C1. The standard InChI is InChI=1S/C37H46N6O5/c38-35(47)37(26-10-4-1-5-11-26,27-12-6-2-7-13-27)28-18-22-43(25-28)23-21-41-36(48)40-20-9-3-8-19-39-24-32(45)29-14-16-31(44)34-30(29)15-17-33(46)42-34/h1-2,4-7,10-17,28,32,39,44-45H,3,8-9,18-25H2,(H2,38,47)(H,42,46)(H2,40,41,48)/t28-,32+/m1/s1. The smallest absolute Gasteiger partial charge is 0.314 e. The van der Waals surface area contributed by atoms with E-state index in [0.717, 1.165) is 43.4 Å². The second-order valence-electron chi connectivity index (χ2n) is 12.4. The molecule has 1 aliphatic rings. The Bertz CT molecular complexity index is 1670. The number of fused-ring (bicyclic) bond motifs is 1. The van der Waals surface area contributed by atoms with Crippen LogP contribution in [0.25, 0.3) is 10.9 Å². The average molecular weight is 655 g/mol. The lowest BCUT2D eigenvalue weighted by Gasteiger charge is -2.37. The van der Waals surface area contributed by atoms with Gasteiger partial charge in [-0.3, -0.25) is 9.59 Å². The third-order valence-electron chi connectivity index (χ3n) is 9.36. The fraction of sp³-hybridized carbons (Fsp3) is 0.378. The number of primary amides is 1. The number of aromatic nitrogens is 1. The van der Waals surface area contributed by atoms with Crippen LogP contribution in [-0.2, 0) is 10.2 Å². The first-order valence-electron chi connectivity index (χ1n) is 16.7. The number of aromatic amines is 1. The van der Waals surface area contributed by atoms with Gasteiger partial charge in [-0.15, -0.1) is 0 Å². The van der Waals surface area contributed by atoms with E-state index in [-0.39, 0.29) is 29.2 Å². The van der Waals surface area contributed by atoms with Crippen molar-refractivity contribution in [1.82, 2.24) is 25.8 Å². The summed E-state index contributed by atoms with van der Waals surface area (Å²) in [6, 6.07) is 25.5. The number of nitrogens with one attached hydrogen (secondary N) is 4. The molecule has 254 valence electrons. The number of benzene rings is 3. The van der Waals surface area contributed by atoms with Gasteiger partial charge in [-0.1, -0.05) is 73.2 Å². The normalized spacial score (nSPS) is 15.7. The number of carbonyl (C=O) groups excluding carboxylic acids is 2. The van der Waals surface area contributed by atoms with Gasteiger partial charge < -0.3 is 41.8 Å². The summed E-state index contributed by atoms with van der Waals surface area (Å²) in [5.41, 5.74) is 7.71. The van der Waals surface area contributed by atoms with Crippen LogP contribution in [0.1, 0.15) is 48.5 Å². The van der Waals surface area contributed by atoms with Gasteiger partial charge in [0.2, 0.25) is 11.5 Å². The summed E-state index contributed by atoms with van der Waals surface area (Å²) in [5, 5.41) is 30.4. The summed E-state index contributed by atoms with van der Waals surface area (Å²) in [4.78, 5) is 42.2. The van der Waals surface area contributed by atoms with Crippen LogP contribution >= 0.6 is 0 Å². The molecule has 5 rings (SSSR count). The lowest BCUT2D eigenvalue weighted by atomic mass is 9.64.